The molecule has 0 bridgehead atoms. The molecular formula is C21H26N2O3S. The van der Waals surface area contributed by atoms with Crippen LogP contribution in [0, 0.1) is 19.8 Å². The first-order chi connectivity index (χ1) is 12.8. The number of anilines is 1. The van der Waals surface area contributed by atoms with Crippen LogP contribution in [0.5, 0.6) is 0 Å². The van der Waals surface area contributed by atoms with Crippen LogP contribution in [-0.2, 0) is 16.1 Å². The molecule has 0 aliphatic heterocycles. The fraction of sp³-hybridized carbons (Fsp3) is 0.381. The second kappa shape index (κ2) is 9.46. The van der Waals surface area contributed by atoms with Gasteiger partial charge in [-0.3, -0.25) is 14.4 Å². The summed E-state index contributed by atoms with van der Waals surface area (Å²) in [6.45, 7) is 7.92. The zero-order valence-electron chi connectivity index (χ0n) is 16.2. The Balaban J connectivity index is 1.82. The van der Waals surface area contributed by atoms with Crippen LogP contribution in [0.2, 0.25) is 0 Å². The Kier molecular flexibility index (Phi) is 7.30. The lowest BCUT2D eigenvalue weighted by Gasteiger charge is -2.10. The van der Waals surface area contributed by atoms with Gasteiger partial charge in [0.1, 0.15) is 0 Å². The highest BCUT2D eigenvalue weighted by Crippen LogP contribution is 2.22. The van der Waals surface area contributed by atoms with E-state index in [4.69, 9.17) is 0 Å². The highest BCUT2D eigenvalue weighted by molar-refractivity contribution is 7.12. The monoisotopic (exact) mass is 386 g/mol. The quantitative estimate of drug-likeness (QED) is 0.666. The average Bonchev–Trinajstić information content (AvgIpc) is 2.96. The summed E-state index contributed by atoms with van der Waals surface area (Å²) in [4.78, 5) is 38.2. The van der Waals surface area contributed by atoms with Crippen molar-refractivity contribution in [1.29, 1.82) is 0 Å². The molecule has 1 aromatic carbocycles. The zero-order valence-corrected chi connectivity index (χ0v) is 17.0. The van der Waals surface area contributed by atoms with Crippen molar-refractivity contribution in [3.05, 3.63) is 51.2 Å². The lowest BCUT2D eigenvalue weighted by molar-refractivity contribution is -0.121. The molecule has 0 aliphatic rings. The second-order valence-corrected chi connectivity index (χ2v) is 8.33. The van der Waals surface area contributed by atoms with E-state index in [1.807, 2.05) is 58.0 Å². The van der Waals surface area contributed by atoms with Gasteiger partial charge in [0.2, 0.25) is 11.8 Å². The van der Waals surface area contributed by atoms with Crippen molar-refractivity contribution in [2.75, 3.05) is 5.32 Å². The van der Waals surface area contributed by atoms with Crippen molar-refractivity contribution in [2.45, 2.75) is 47.1 Å². The van der Waals surface area contributed by atoms with Crippen LogP contribution >= 0.6 is 11.3 Å². The molecular weight excluding hydrogens is 360 g/mol. The van der Waals surface area contributed by atoms with E-state index >= 15 is 0 Å². The van der Waals surface area contributed by atoms with E-state index in [9.17, 15) is 14.4 Å². The SMILES string of the molecule is Cc1cc(C(=O)CCC(=O)NCc2cccc(NC(=O)C(C)C)c2)c(C)s1. The number of nitrogens with one attached hydrogen (secondary N) is 2. The Bertz CT molecular complexity index is 840. The predicted octanol–water partition coefficient (Wildman–Crippen LogP) is 4.24. The molecule has 5 nitrogen and oxygen atoms in total. The number of ketones is 1. The van der Waals surface area contributed by atoms with E-state index in [2.05, 4.69) is 10.6 Å². The van der Waals surface area contributed by atoms with Crippen LogP contribution in [0.25, 0.3) is 0 Å². The van der Waals surface area contributed by atoms with E-state index in [0.29, 0.717) is 12.2 Å². The maximum Gasteiger partial charge on any atom is 0.226 e. The first-order valence-corrected chi connectivity index (χ1v) is 9.84. The van der Waals surface area contributed by atoms with E-state index in [-0.39, 0.29) is 36.4 Å². The predicted molar refractivity (Wildman–Crippen MR) is 109 cm³/mol. The molecule has 6 heteroatoms. The van der Waals surface area contributed by atoms with Crippen LogP contribution in [-0.4, -0.2) is 17.6 Å². The minimum atomic E-state index is -0.162. The molecule has 0 saturated heterocycles. The average molecular weight is 387 g/mol. The number of carbonyl (C=O) groups is 3. The van der Waals surface area contributed by atoms with Gasteiger partial charge in [-0.15, -0.1) is 11.3 Å². The van der Waals surface area contributed by atoms with Crippen molar-refractivity contribution < 1.29 is 14.4 Å². The molecule has 1 aromatic heterocycles. The van der Waals surface area contributed by atoms with Gasteiger partial charge in [0.05, 0.1) is 0 Å². The van der Waals surface area contributed by atoms with Crippen molar-refractivity contribution in [1.82, 2.24) is 5.32 Å². The maximum atomic E-state index is 12.2. The van der Waals surface area contributed by atoms with E-state index in [1.165, 1.54) is 0 Å². The van der Waals surface area contributed by atoms with Gasteiger partial charge in [-0.25, -0.2) is 0 Å². The minimum Gasteiger partial charge on any atom is -0.352 e. The van der Waals surface area contributed by atoms with E-state index < -0.39 is 0 Å². The molecule has 27 heavy (non-hydrogen) atoms. The molecule has 2 N–H and O–H groups in total. The topological polar surface area (TPSA) is 75.3 Å². The normalized spacial score (nSPS) is 10.7. The highest BCUT2D eigenvalue weighted by atomic mass is 32.1. The standard InChI is InChI=1S/C21H26N2O3S/c1-13(2)21(26)23-17-7-5-6-16(11-17)12-22-20(25)9-8-19(24)18-10-14(3)27-15(18)4/h5-7,10-11,13H,8-9,12H2,1-4H3,(H,22,25)(H,23,26). The number of thiophene rings is 1. The van der Waals surface area contributed by atoms with Gasteiger partial charge in [-0.2, -0.15) is 0 Å². The number of hydrogen-bond donors (Lipinski definition) is 2. The lowest BCUT2D eigenvalue weighted by Crippen LogP contribution is -2.23. The van der Waals surface area contributed by atoms with Crippen LogP contribution in [0.3, 0.4) is 0 Å². The number of amides is 2. The van der Waals surface area contributed by atoms with Crippen LogP contribution < -0.4 is 10.6 Å². The summed E-state index contributed by atoms with van der Waals surface area (Å²) >= 11 is 1.60. The first kappa shape index (κ1) is 20.8. The largest absolute Gasteiger partial charge is 0.352 e. The fourth-order valence-electron chi connectivity index (χ4n) is 2.60. The minimum absolute atomic E-state index is 0.00500. The van der Waals surface area contributed by atoms with Gasteiger partial charge >= 0.3 is 0 Å². The third-order valence-electron chi connectivity index (χ3n) is 4.13. The summed E-state index contributed by atoms with van der Waals surface area (Å²) in [6.07, 6.45) is 0.365. The molecule has 2 amide bonds. The molecule has 0 radical (unpaired) electrons. The Hall–Kier alpha value is -2.47. The first-order valence-electron chi connectivity index (χ1n) is 9.03. The summed E-state index contributed by atoms with van der Waals surface area (Å²) in [5.41, 5.74) is 2.32. The molecule has 2 aromatic rings. The van der Waals surface area contributed by atoms with Crippen LogP contribution in [0.15, 0.2) is 30.3 Å². The number of benzene rings is 1. The summed E-state index contributed by atoms with van der Waals surface area (Å²) in [6, 6.07) is 9.26. The third kappa shape index (κ3) is 6.32. The van der Waals surface area contributed by atoms with E-state index in [1.54, 1.807) is 11.3 Å². The number of Topliss-reactive ketones (excluding diaryl/α,β-unsaturated/α-hetero) is 1. The molecule has 0 fully saturated rings. The van der Waals surface area contributed by atoms with Gasteiger partial charge in [0, 0.05) is 46.3 Å². The number of hydrogen-bond acceptors (Lipinski definition) is 4. The molecule has 1 heterocycles. The highest BCUT2D eigenvalue weighted by Gasteiger charge is 2.14. The lowest BCUT2D eigenvalue weighted by atomic mass is 10.1. The summed E-state index contributed by atoms with van der Waals surface area (Å²) < 4.78 is 0. The Morgan fingerprint density at radius 3 is 2.44 bits per heavy atom. The van der Waals surface area contributed by atoms with Gasteiger partial charge < -0.3 is 10.6 Å². The number of rotatable bonds is 8. The van der Waals surface area contributed by atoms with Crippen LogP contribution in [0.4, 0.5) is 5.69 Å². The summed E-state index contributed by atoms with van der Waals surface area (Å²) in [5.74, 6) is -0.301. The molecule has 2 rings (SSSR count). The molecule has 0 spiro atoms. The van der Waals surface area contributed by atoms with Crippen molar-refractivity contribution in [3.8, 4) is 0 Å². The summed E-state index contributed by atoms with van der Waals surface area (Å²) in [7, 11) is 0. The molecule has 0 aliphatic carbocycles. The Morgan fingerprint density at radius 2 is 1.81 bits per heavy atom. The Labute approximate surface area is 164 Å². The van der Waals surface area contributed by atoms with Crippen molar-refractivity contribution in [2.24, 2.45) is 5.92 Å². The van der Waals surface area contributed by atoms with Crippen LogP contribution in [0.1, 0.15) is 52.4 Å². The van der Waals surface area contributed by atoms with Gasteiger partial charge in [-0.05, 0) is 37.6 Å². The Morgan fingerprint density at radius 1 is 1.07 bits per heavy atom. The van der Waals surface area contributed by atoms with Crippen molar-refractivity contribution in [3.63, 3.8) is 0 Å². The maximum absolute atomic E-state index is 12.2. The fourth-order valence-corrected chi connectivity index (χ4v) is 3.55. The van der Waals surface area contributed by atoms with Gasteiger partial charge in [0.25, 0.3) is 0 Å². The van der Waals surface area contributed by atoms with E-state index in [0.717, 1.165) is 20.9 Å². The van der Waals surface area contributed by atoms with Gasteiger partial charge in [0.15, 0.2) is 5.78 Å². The number of aryl methyl sites for hydroxylation is 2. The molecule has 144 valence electrons. The molecule has 0 atom stereocenters. The van der Waals surface area contributed by atoms with Gasteiger partial charge in [-0.1, -0.05) is 26.0 Å². The molecule has 0 unspecified atom stereocenters. The third-order valence-corrected chi connectivity index (χ3v) is 5.10. The zero-order chi connectivity index (χ0) is 20.0. The number of carbonyl (C=O) groups excluding carboxylic acids is 3. The van der Waals surface area contributed by atoms with Crippen molar-refractivity contribution >= 4 is 34.6 Å². The molecule has 0 saturated carbocycles. The smallest absolute Gasteiger partial charge is 0.226 e. The second-order valence-electron chi connectivity index (χ2n) is 6.87. The summed E-state index contributed by atoms with van der Waals surface area (Å²) in [5, 5.41) is 5.67.